The van der Waals surface area contributed by atoms with E-state index in [1.165, 1.54) is 4.90 Å². The van der Waals surface area contributed by atoms with Crippen LogP contribution in [0, 0.1) is 13.8 Å². The number of H-pyrrole nitrogens is 1. The van der Waals surface area contributed by atoms with E-state index in [1.54, 1.807) is 4.57 Å². The summed E-state index contributed by atoms with van der Waals surface area (Å²) in [7, 11) is 0. The number of aryl methyl sites for hydroxylation is 1. The molecular formula is C17H23N4O2+. The zero-order valence-corrected chi connectivity index (χ0v) is 14.0. The van der Waals surface area contributed by atoms with Crippen molar-refractivity contribution in [2.45, 2.75) is 40.3 Å². The van der Waals surface area contributed by atoms with Crippen LogP contribution in [0.15, 0.2) is 27.8 Å². The van der Waals surface area contributed by atoms with Gasteiger partial charge in [0, 0.05) is 0 Å². The molecule has 1 aliphatic heterocycles. The van der Waals surface area contributed by atoms with Crippen LogP contribution in [0.25, 0.3) is 5.69 Å². The number of anilines is 1. The molecule has 0 bridgehead atoms. The third-order valence-corrected chi connectivity index (χ3v) is 4.73. The standard InChI is InChI=1S/C17H22N4O2/c1-10(2)20-8-13-15(18-9-20)21(17(23)19-16(13)22)14-7-5-6-11(3)12(14)4/h5-7,10,18H,8-9H2,1-4H3,(H,19,22,23)/p+1. The third-order valence-electron chi connectivity index (χ3n) is 4.73. The highest BCUT2D eigenvalue weighted by Gasteiger charge is 2.27. The van der Waals surface area contributed by atoms with E-state index in [4.69, 9.17) is 0 Å². The number of fused-ring (bicyclic) bond motifs is 1. The van der Waals surface area contributed by atoms with Crippen LogP contribution in [0.2, 0.25) is 0 Å². The molecule has 3 N–H and O–H groups in total. The van der Waals surface area contributed by atoms with Crippen LogP contribution < -0.4 is 21.5 Å². The van der Waals surface area contributed by atoms with Crippen molar-refractivity contribution in [2.75, 3.05) is 12.0 Å². The highest BCUT2D eigenvalue weighted by Crippen LogP contribution is 2.21. The summed E-state index contributed by atoms with van der Waals surface area (Å²) >= 11 is 0. The van der Waals surface area contributed by atoms with E-state index < -0.39 is 5.69 Å². The summed E-state index contributed by atoms with van der Waals surface area (Å²) in [4.78, 5) is 28.5. The average Bonchev–Trinajstić information content (AvgIpc) is 2.51. The molecule has 3 rings (SSSR count). The first kappa shape index (κ1) is 15.6. The number of nitrogens with zero attached hydrogens (tertiary/aromatic N) is 1. The van der Waals surface area contributed by atoms with Gasteiger partial charge in [-0.3, -0.25) is 9.78 Å². The summed E-state index contributed by atoms with van der Waals surface area (Å²) in [5.41, 5.74) is 2.90. The van der Waals surface area contributed by atoms with E-state index in [-0.39, 0.29) is 5.56 Å². The fourth-order valence-electron chi connectivity index (χ4n) is 3.03. The maximum atomic E-state index is 12.5. The predicted molar refractivity (Wildman–Crippen MR) is 90.4 cm³/mol. The van der Waals surface area contributed by atoms with Gasteiger partial charge in [0.05, 0.1) is 11.7 Å². The molecule has 1 atom stereocenters. The molecule has 1 aromatic heterocycles. The largest absolute Gasteiger partial charge is 0.334 e. The van der Waals surface area contributed by atoms with Crippen LogP contribution in [-0.4, -0.2) is 22.3 Å². The first-order chi connectivity index (χ1) is 10.9. The van der Waals surface area contributed by atoms with Crippen molar-refractivity contribution in [3.05, 3.63) is 55.7 Å². The lowest BCUT2D eigenvalue weighted by atomic mass is 10.1. The van der Waals surface area contributed by atoms with Gasteiger partial charge in [0.1, 0.15) is 17.9 Å². The molecule has 2 heterocycles. The van der Waals surface area contributed by atoms with Gasteiger partial charge in [-0.05, 0) is 44.9 Å². The van der Waals surface area contributed by atoms with Gasteiger partial charge in [-0.1, -0.05) is 12.1 Å². The molecule has 0 spiro atoms. The zero-order chi connectivity index (χ0) is 16.7. The van der Waals surface area contributed by atoms with Gasteiger partial charge in [0.15, 0.2) is 6.67 Å². The van der Waals surface area contributed by atoms with Crippen molar-refractivity contribution in [1.29, 1.82) is 0 Å². The Morgan fingerprint density at radius 2 is 1.96 bits per heavy atom. The highest BCUT2D eigenvalue weighted by molar-refractivity contribution is 5.54. The maximum Gasteiger partial charge on any atom is 0.334 e. The van der Waals surface area contributed by atoms with Gasteiger partial charge in [0.25, 0.3) is 5.56 Å². The summed E-state index contributed by atoms with van der Waals surface area (Å²) in [6.07, 6.45) is 0. The number of benzene rings is 1. The van der Waals surface area contributed by atoms with E-state index in [2.05, 4.69) is 24.1 Å². The summed E-state index contributed by atoms with van der Waals surface area (Å²) in [5, 5.41) is 3.30. The van der Waals surface area contributed by atoms with Gasteiger partial charge < -0.3 is 10.2 Å². The van der Waals surface area contributed by atoms with Gasteiger partial charge in [-0.15, -0.1) is 0 Å². The minimum absolute atomic E-state index is 0.295. The van der Waals surface area contributed by atoms with E-state index >= 15 is 0 Å². The van der Waals surface area contributed by atoms with E-state index in [1.807, 2.05) is 32.0 Å². The number of aromatic amines is 1. The number of quaternary nitrogens is 1. The van der Waals surface area contributed by atoms with Crippen LogP contribution in [0.3, 0.4) is 0 Å². The number of hydrogen-bond acceptors (Lipinski definition) is 3. The Morgan fingerprint density at radius 1 is 1.22 bits per heavy atom. The Kier molecular flexibility index (Phi) is 3.85. The monoisotopic (exact) mass is 315 g/mol. The molecule has 0 saturated carbocycles. The Morgan fingerprint density at radius 3 is 2.65 bits per heavy atom. The molecule has 2 aromatic rings. The average molecular weight is 315 g/mol. The second-order valence-electron chi connectivity index (χ2n) is 6.48. The molecule has 0 radical (unpaired) electrons. The molecular weight excluding hydrogens is 292 g/mol. The summed E-state index contributed by atoms with van der Waals surface area (Å²) in [6, 6.07) is 6.25. The first-order valence-corrected chi connectivity index (χ1v) is 7.93. The van der Waals surface area contributed by atoms with Crippen LogP contribution in [0.4, 0.5) is 5.82 Å². The molecule has 1 unspecified atom stereocenters. The van der Waals surface area contributed by atoms with Crippen LogP contribution >= 0.6 is 0 Å². The molecule has 1 aromatic carbocycles. The zero-order valence-electron chi connectivity index (χ0n) is 14.0. The van der Waals surface area contributed by atoms with Gasteiger partial charge >= 0.3 is 5.69 Å². The summed E-state index contributed by atoms with van der Waals surface area (Å²) in [5.74, 6) is 0.622. The van der Waals surface area contributed by atoms with Crippen molar-refractivity contribution < 1.29 is 4.90 Å². The molecule has 0 amide bonds. The molecule has 122 valence electrons. The van der Waals surface area contributed by atoms with Crippen LogP contribution in [0.1, 0.15) is 30.5 Å². The third kappa shape index (κ3) is 2.59. The first-order valence-electron chi connectivity index (χ1n) is 7.93. The van der Waals surface area contributed by atoms with E-state index in [9.17, 15) is 9.59 Å². The van der Waals surface area contributed by atoms with E-state index in [0.717, 1.165) is 16.8 Å². The second-order valence-corrected chi connectivity index (χ2v) is 6.48. The lowest BCUT2D eigenvalue weighted by Gasteiger charge is -2.30. The van der Waals surface area contributed by atoms with Gasteiger partial charge in [-0.2, -0.15) is 0 Å². The maximum absolute atomic E-state index is 12.5. The Bertz CT molecular complexity index is 864. The number of nitrogens with one attached hydrogen (secondary N) is 3. The molecule has 0 saturated heterocycles. The highest BCUT2D eigenvalue weighted by atomic mass is 16.2. The minimum atomic E-state index is -0.400. The second kappa shape index (κ2) is 5.70. The lowest BCUT2D eigenvalue weighted by molar-refractivity contribution is -0.933. The molecule has 6 nitrogen and oxygen atoms in total. The Balaban J connectivity index is 2.24. The summed E-state index contributed by atoms with van der Waals surface area (Å²) in [6.45, 7) is 9.55. The fourth-order valence-corrected chi connectivity index (χ4v) is 3.03. The smallest absolute Gasteiger partial charge is 0.324 e. The van der Waals surface area contributed by atoms with Crippen LogP contribution in [0.5, 0.6) is 0 Å². The molecule has 1 aliphatic rings. The summed E-state index contributed by atoms with van der Waals surface area (Å²) < 4.78 is 1.59. The Hall–Kier alpha value is -2.34. The lowest BCUT2D eigenvalue weighted by Crippen LogP contribution is -3.15. The number of rotatable bonds is 2. The molecule has 0 fully saturated rings. The normalized spacial score (nSPS) is 17.0. The van der Waals surface area contributed by atoms with Crippen molar-refractivity contribution in [3.8, 4) is 5.69 Å². The molecule has 6 heteroatoms. The van der Waals surface area contributed by atoms with Gasteiger partial charge in [-0.25, -0.2) is 9.36 Å². The minimum Gasteiger partial charge on any atom is -0.324 e. The number of hydrogen-bond donors (Lipinski definition) is 3. The van der Waals surface area contributed by atoms with Crippen LogP contribution in [-0.2, 0) is 6.54 Å². The molecule has 23 heavy (non-hydrogen) atoms. The molecule has 0 aliphatic carbocycles. The number of aromatic nitrogens is 2. The van der Waals surface area contributed by atoms with Gasteiger partial charge in [0.2, 0.25) is 0 Å². The van der Waals surface area contributed by atoms with Crippen molar-refractivity contribution in [3.63, 3.8) is 0 Å². The van der Waals surface area contributed by atoms with Crippen molar-refractivity contribution >= 4 is 5.82 Å². The van der Waals surface area contributed by atoms with Crippen molar-refractivity contribution in [2.24, 2.45) is 0 Å². The Labute approximate surface area is 134 Å². The van der Waals surface area contributed by atoms with Crippen molar-refractivity contribution in [1.82, 2.24) is 9.55 Å². The topological polar surface area (TPSA) is 71.3 Å². The predicted octanol–water partition coefficient (Wildman–Crippen LogP) is 0.319. The SMILES string of the molecule is Cc1cccc(-n2c3c(c(=O)[nH]c2=O)C[NH+](C(C)C)CN3)c1C. The quantitative estimate of drug-likeness (QED) is 0.747. The van der Waals surface area contributed by atoms with E-state index in [0.29, 0.717) is 30.6 Å². The fraction of sp³-hybridized carbons (Fsp3) is 0.412.